The average molecular weight is 789 g/mol. The highest BCUT2D eigenvalue weighted by Crippen LogP contribution is 2.36. The van der Waals surface area contributed by atoms with Crippen molar-refractivity contribution in [1.82, 2.24) is 40.1 Å². The number of ether oxygens (including phenoxy) is 1. The Hall–Kier alpha value is -3.59. The van der Waals surface area contributed by atoms with Gasteiger partial charge in [0.05, 0.1) is 35.1 Å². The number of nitrogens with one attached hydrogen (secondary N) is 2. The molecule has 0 aliphatic carbocycles. The van der Waals surface area contributed by atoms with E-state index < -0.39 is 5.54 Å². The van der Waals surface area contributed by atoms with Crippen LogP contribution in [0, 0.1) is 6.92 Å². The van der Waals surface area contributed by atoms with E-state index in [1.807, 2.05) is 42.2 Å². The first-order valence-electron chi connectivity index (χ1n) is 21.1. The standard InChI is InChI=1S/C42H60N8O5S/c1-29-35-25-37(51)45-42(14-22-48(23-15-42)39(53)28-55-34-6-4-3-5-7-34)26-38(52)47-20-12-33(13-21-47)50-27-32(43-31-10-16-46(2)17-11-31)24-36(50)41(54)49-18-8-30(9-19-49)40(44-35)56-29/h3-7,30-33,36,43H,8-28H2,1-2H3,(H,45,51)/t32-,36-/m0/s1. The second-order valence-electron chi connectivity index (χ2n) is 17.3. The van der Waals surface area contributed by atoms with Crippen molar-refractivity contribution in [2.45, 2.75) is 113 Å². The van der Waals surface area contributed by atoms with Crippen LogP contribution in [-0.2, 0) is 25.6 Å². The van der Waals surface area contributed by atoms with Gasteiger partial charge in [-0.15, -0.1) is 11.3 Å². The first-order chi connectivity index (χ1) is 27.1. The van der Waals surface area contributed by atoms with Crippen LogP contribution in [-0.4, -0.2) is 155 Å². The van der Waals surface area contributed by atoms with E-state index in [2.05, 4.69) is 32.4 Å². The normalized spacial score (nSPS) is 26.5. The number of para-hydroxylation sites is 1. The fourth-order valence-corrected chi connectivity index (χ4v) is 11.2. The third-order valence-corrected chi connectivity index (χ3v) is 14.7. The van der Waals surface area contributed by atoms with Gasteiger partial charge >= 0.3 is 0 Å². The molecule has 4 amide bonds. The Morgan fingerprint density at radius 3 is 2.32 bits per heavy atom. The summed E-state index contributed by atoms with van der Waals surface area (Å²) in [5, 5.41) is 8.37. The van der Waals surface area contributed by atoms with Gasteiger partial charge in [-0.05, 0) is 97.0 Å². The summed E-state index contributed by atoms with van der Waals surface area (Å²) in [5.41, 5.74) is 0.0243. The summed E-state index contributed by atoms with van der Waals surface area (Å²) in [6.07, 6.45) is 7.83. The molecule has 0 radical (unpaired) electrons. The SMILES string of the molecule is Cc1sc2nc1CC(=O)NC1(CCN(C(=O)COc3ccccc3)CC1)CC(=O)N1CCC(CC1)N1C[C@@H](NC3CCN(C)CC3)C[C@H]1C(=O)N1CCC2CC1. The van der Waals surface area contributed by atoms with Gasteiger partial charge in [-0.25, -0.2) is 4.98 Å². The van der Waals surface area contributed by atoms with Crippen molar-refractivity contribution in [2.24, 2.45) is 0 Å². The lowest BCUT2D eigenvalue weighted by molar-refractivity contribution is -0.141. The van der Waals surface area contributed by atoms with Crippen LogP contribution in [0.5, 0.6) is 5.75 Å². The number of hydrogen-bond donors (Lipinski definition) is 2. The molecule has 2 atom stereocenters. The zero-order valence-corrected chi connectivity index (χ0v) is 34.1. The number of aryl methyl sites for hydroxylation is 1. The first-order valence-corrected chi connectivity index (χ1v) is 21.9. The minimum Gasteiger partial charge on any atom is -0.484 e. The molecule has 0 saturated carbocycles. The van der Waals surface area contributed by atoms with E-state index in [0.29, 0.717) is 50.8 Å². The average Bonchev–Trinajstić information content (AvgIpc) is 3.80. The number of hydrogen-bond acceptors (Lipinski definition) is 10. The van der Waals surface area contributed by atoms with Gasteiger partial charge in [-0.1, -0.05) is 18.2 Å². The largest absolute Gasteiger partial charge is 0.484 e. The minimum atomic E-state index is -0.762. The van der Waals surface area contributed by atoms with Crippen molar-refractivity contribution >= 4 is 35.0 Å². The summed E-state index contributed by atoms with van der Waals surface area (Å²) in [6.45, 7) is 8.62. The molecule has 1 aromatic heterocycles. The molecule has 8 aliphatic rings. The van der Waals surface area contributed by atoms with Crippen LogP contribution >= 0.6 is 11.3 Å². The molecule has 2 N–H and O–H groups in total. The molecule has 14 heteroatoms. The van der Waals surface area contributed by atoms with Crippen LogP contribution in [0.3, 0.4) is 0 Å². The van der Waals surface area contributed by atoms with E-state index in [1.165, 1.54) is 0 Å². The Labute approximate surface area is 335 Å². The highest BCUT2D eigenvalue weighted by Gasteiger charge is 2.45. The van der Waals surface area contributed by atoms with Crippen molar-refractivity contribution in [1.29, 1.82) is 0 Å². The van der Waals surface area contributed by atoms with Crippen LogP contribution in [0.4, 0.5) is 0 Å². The summed E-state index contributed by atoms with van der Waals surface area (Å²) < 4.78 is 5.75. The number of thiazole rings is 1. The number of carbonyl (C=O) groups excluding carboxylic acids is 4. The van der Waals surface area contributed by atoms with Crippen LogP contribution < -0.4 is 15.4 Å². The summed E-state index contributed by atoms with van der Waals surface area (Å²) >= 11 is 1.67. The fourth-order valence-electron chi connectivity index (χ4n) is 10.1. The number of benzene rings is 1. The van der Waals surface area contributed by atoms with Gasteiger partial charge in [-0.3, -0.25) is 24.1 Å². The summed E-state index contributed by atoms with van der Waals surface area (Å²) in [4.78, 5) is 72.5. The number of nitrogens with zero attached hydrogens (tertiary/aromatic N) is 6. The van der Waals surface area contributed by atoms with E-state index in [1.54, 1.807) is 16.2 Å². The highest BCUT2D eigenvalue weighted by atomic mass is 32.1. The number of carbonyl (C=O) groups is 4. The third-order valence-electron chi connectivity index (χ3n) is 13.6. The molecular formula is C42H60N8O5S. The van der Waals surface area contributed by atoms with E-state index in [0.717, 1.165) is 93.2 Å². The number of rotatable bonds is 5. The van der Waals surface area contributed by atoms with Crippen LogP contribution in [0.1, 0.15) is 85.7 Å². The van der Waals surface area contributed by atoms with E-state index in [9.17, 15) is 19.2 Å². The van der Waals surface area contributed by atoms with Gasteiger partial charge in [0.2, 0.25) is 17.7 Å². The molecule has 1 aromatic carbocycles. The lowest BCUT2D eigenvalue weighted by Crippen LogP contribution is -2.59. The lowest BCUT2D eigenvalue weighted by atomic mass is 9.83. The number of piperidine rings is 4. The second kappa shape index (κ2) is 17.1. The molecule has 6 bridgehead atoms. The fraction of sp³-hybridized carbons (Fsp3) is 0.690. The Bertz CT molecular complexity index is 1710. The number of likely N-dealkylation sites (tertiary alicyclic amines) is 2. The first kappa shape index (κ1) is 39.2. The Morgan fingerprint density at radius 1 is 0.911 bits per heavy atom. The van der Waals surface area contributed by atoms with Crippen molar-refractivity contribution in [3.05, 3.63) is 45.9 Å². The number of aromatic nitrogens is 1. The van der Waals surface area contributed by atoms with Crippen molar-refractivity contribution in [3.63, 3.8) is 0 Å². The maximum Gasteiger partial charge on any atom is 0.260 e. The molecule has 304 valence electrons. The van der Waals surface area contributed by atoms with Gasteiger partial charge < -0.3 is 35.0 Å². The monoisotopic (exact) mass is 788 g/mol. The predicted octanol–water partition coefficient (Wildman–Crippen LogP) is 2.78. The lowest BCUT2D eigenvalue weighted by Gasteiger charge is -2.44. The van der Waals surface area contributed by atoms with E-state index >= 15 is 0 Å². The Morgan fingerprint density at radius 2 is 1.61 bits per heavy atom. The summed E-state index contributed by atoms with van der Waals surface area (Å²) in [6, 6.07) is 10.2. The molecule has 8 aliphatic heterocycles. The van der Waals surface area contributed by atoms with Crippen LogP contribution in [0.15, 0.2) is 30.3 Å². The maximum absolute atomic E-state index is 14.4. The third kappa shape index (κ3) is 8.93. The zero-order chi connectivity index (χ0) is 38.8. The van der Waals surface area contributed by atoms with Gasteiger partial charge in [0, 0.05) is 74.7 Å². The topological polar surface area (TPSA) is 131 Å². The van der Waals surface area contributed by atoms with E-state index in [-0.39, 0.29) is 67.1 Å². The number of fused-ring (bicyclic) bond motifs is 2. The molecule has 5 fully saturated rings. The zero-order valence-electron chi connectivity index (χ0n) is 33.3. The molecule has 9 heterocycles. The molecule has 0 unspecified atom stereocenters. The smallest absolute Gasteiger partial charge is 0.260 e. The molecule has 2 aromatic rings. The molecule has 10 rings (SSSR count). The van der Waals surface area contributed by atoms with Gasteiger partial charge in [-0.2, -0.15) is 0 Å². The molecule has 13 nitrogen and oxygen atoms in total. The molecular weight excluding hydrogens is 729 g/mol. The molecule has 1 spiro atoms. The minimum absolute atomic E-state index is 0.0387. The molecule has 56 heavy (non-hydrogen) atoms. The second-order valence-corrected chi connectivity index (χ2v) is 18.6. The van der Waals surface area contributed by atoms with E-state index in [4.69, 9.17) is 9.72 Å². The summed E-state index contributed by atoms with van der Waals surface area (Å²) in [5.74, 6) is 0.973. The van der Waals surface area contributed by atoms with Crippen LogP contribution in [0.2, 0.25) is 0 Å². The van der Waals surface area contributed by atoms with Gasteiger partial charge in [0.25, 0.3) is 5.91 Å². The van der Waals surface area contributed by atoms with Crippen molar-refractivity contribution < 1.29 is 23.9 Å². The maximum atomic E-state index is 14.4. The quantitative estimate of drug-likeness (QED) is 0.470. The van der Waals surface area contributed by atoms with Crippen LogP contribution in [0.25, 0.3) is 0 Å². The number of amides is 4. The highest BCUT2D eigenvalue weighted by molar-refractivity contribution is 7.11. The summed E-state index contributed by atoms with van der Waals surface area (Å²) in [7, 11) is 2.19. The van der Waals surface area contributed by atoms with Crippen molar-refractivity contribution in [2.75, 3.05) is 72.6 Å². The predicted molar refractivity (Wildman–Crippen MR) is 215 cm³/mol. The van der Waals surface area contributed by atoms with Gasteiger partial charge in [0.1, 0.15) is 5.75 Å². The Kier molecular flexibility index (Phi) is 12.0. The van der Waals surface area contributed by atoms with Crippen molar-refractivity contribution in [3.8, 4) is 5.75 Å². The Balaban J connectivity index is 0.993. The van der Waals surface area contributed by atoms with Gasteiger partial charge in [0.15, 0.2) is 6.61 Å². The molecule has 5 saturated heterocycles.